The lowest BCUT2D eigenvalue weighted by atomic mass is 10.0. The maximum atomic E-state index is 2.56. The van der Waals surface area contributed by atoms with Gasteiger partial charge in [-0.25, -0.2) is 0 Å². The monoisotopic (exact) mass is 236 g/mol. The molecule has 16 heavy (non-hydrogen) atoms. The van der Waals surface area contributed by atoms with Crippen molar-refractivity contribution in [1.29, 1.82) is 0 Å². The lowest BCUT2D eigenvalue weighted by Crippen LogP contribution is -2.42. The van der Waals surface area contributed by atoms with E-state index in [0.717, 1.165) is 11.8 Å². The number of hydrogen-bond donors (Lipinski definition) is 0. The molecule has 1 heteroatoms. The van der Waals surface area contributed by atoms with Gasteiger partial charge in [-0.3, -0.25) is 0 Å². The molecule has 0 aromatic heterocycles. The van der Waals surface area contributed by atoms with Crippen LogP contribution in [0.4, 0.5) is 0 Å². The molecule has 4 atom stereocenters. The van der Waals surface area contributed by atoms with Gasteiger partial charge in [0, 0.05) is 0 Å². The number of fused-ring (bicyclic) bond motifs is 5. The van der Waals surface area contributed by atoms with Crippen LogP contribution in [-0.2, 0) is 0 Å². The molecule has 3 fully saturated rings. The zero-order valence-electron chi connectivity index (χ0n) is 11.9. The summed E-state index contributed by atoms with van der Waals surface area (Å²) >= 11 is 0. The Hall–Kier alpha value is 0.217. The van der Waals surface area contributed by atoms with Crippen molar-refractivity contribution in [2.75, 3.05) is 0 Å². The molecule has 2 bridgehead atoms. The summed E-state index contributed by atoms with van der Waals surface area (Å²) in [5.41, 5.74) is 2.43. The average Bonchev–Trinajstić information content (AvgIpc) is 2.49. The molecular weight excluding hydrogens is 208 g/mol. The summed E-state index contributed by atoms with van der Waals surface area (Å²) in [6, 6.07) is 0. The van der Waals surface area contributed by atoms with Crippen molar-refractivity contribution in [1.82, 2.24) is 0 Å². The Kier molecular flexibility index (Phi) is 1.97. The van der Waals surface area contributed by atoms with E-state index in [2.05, 4.69) is 41.5 Å². The molecule has 0 radical (unpaired) electrons. The molecule has 92 valence electrons. The third-order valence-electron chi connectivity index (χ3n) is 6.34. The van der Waals surface area contributed by atoms with E-state index >= 15 is 0 Å². The molecule has 0 unspecified atom stereocenters. The van der Waals surface area contributed by atoms with E-state index in [-0.39, 0.29) is 0 Å². The first-order chi connectivity index (χ1) is 7.21. The minimum atomic E-state index is -1.07. The summed E-state index contributed by atoms with van der Waals surface area (Å²) in [5.74, 6) is 2.31. The van der Waals surface area contributed by atoms with Crippen LogP contribution in [0.25, 0.3) is 0 Å². The van der Waals surface area contributed by atoms with Gasteiger partial charge in [0.2, 0.25) is 0 Å². The fourth-order valence-electron chi connectivity index (χ4n) is 6.60. The first-order valence-electron chi connectivity index (χ1n) is 7.21. The van der Waals surface area contributed by atoms with Gasteiger partial charge in [0.05, 0.1) is 8.07 Å². The molecule has 3 rings (SSSR count). The second kappa shape index (κ2) is 2.79. The van der Waals surface area contributed by atoms with Crippen LogP contribution in [0.15, 0.2) is 0 Å². The normalized spacial score (nSPS) is 44.6. The Morgan fingerprint density at radius 2 is 1.12 bits per heavy atom. The van der Waals surface area contributed by atoms with Gasteiger partial charge in [-0.05, 0) is 39.4 Å². The molecule has 2 aliphatic carbocycles. The first kappa shape index (κ1) is 11.3. The topological polar surface area (TPSA) is 0 Å². The second-order valence-electron chi connectivity index (χ2n) is 8.75. The fraction of sp³-hybridized carbons (Fsp3) is 1.00. The average molecular weight is 236 g/mol. The minimum Gasteiger partial charge on any atom is -0.0625 e. The summed E-state index contributed by atoms with van der Waals surface area (Å²) in [6.45, 7) is 15.3. The Labute approximate surface area is 102 Å². The first-order valence-corrected chi connectivity index (χ1v) is 9.37. The summed E-state index contributed by atoms with van der Waals surface area (Å²) < 4.78 is 0. The van der Waals surface area contributed by atoms with Gasteiger partial charge in [0.15, 0.2) is 0 Å². The fourth-order valence-corrected chi connectivity index (χ4v) is 16.9. The molecule has 2 saturated carbocycles. The van der Waals surface area contributed by atoms with Gasteiger partial charge in [0.1, 0.15) is 0 Å². The van der Waals surface area contributed by atoms with Gasteiger partial charge in [-0.1, -0.05) is 54.4 Å². The highest BCUT2D eigenvalue weighted by Gasteiger charge is 2.82. The van der Waals surface area contributed by atoms with Crippen molar-refractivity contribution in [3.05, 3.63) is 0 Å². The lowest BCUT2D eigenvalue weighted by Gasteiger charge is -2.44. The quantitative estimate of drug-likeness (QED) is 0.506. The highest BCUT2D eigenvalue weighted by atomic mass is 28.3. The molecule has 1 saturated heterocycles. The molecule has 1 aliphatic heterocycles. The van der Waals surface area contributed by atoms with Crippen molar-refractivity contribution < 1.29 is 0 Å². The van der Waals surface area contributed by atoms with Gasteiger partial charge < -0.3 is 0 Å². The molecule has 0 N–H and O–H groups in total. The van der Waals surface area contributed by atoms with Gasteiger partial charge in [-0.15, -0.1) is 0 Å². The third-order valence-corrected chi connectivity index (χ3v) is 14.7. The van der Waals surface area contributed by atoms with E-state index in [9.17, 15) is 0 Å². The van der Waals surface area contributed by atoms with Crippen LogP contribution >= 0.6 is 0 Å². The molecule has 0 aromatic carbocycles. The van der Waals surface area contributed by atoms with Crippen molar-refractivity contribution >= 4 is 8.07 Å². The molecule has 0 spiro atoms. The van der Waals surface area contributed by atoms with Crippen LogP contribution < -0.4 is 0 Å². The highest BCUT2D eigenvalue weighted by molar-refractivity contribution is 6.97. The van der Waals surface area contributed by atoms with Gasteiger partial charge >= 0.3 is 0 Å². The maximum absolute atomic E-state index is 2.56. The molecule has 0 aromatic rings. The predicted octanol–water partition coefficient (Wildman–Crippen LogP) is 5.22. The number of hydrogen-bond acceptors (Lipinski definition) is 0. The molecule has 0 nitrogen and oxygen atoms in total. The standard InChI is InChI=1S/C15H28Si/c1-14(2,3)16(15(4,5)6)12-10-7-8-11(9-10)13(12)16/h10-13H,7-9H2,1-6H3/t10-,11+,12+,13-. The van der Waals surface area contributed by atoms with E-state index in [4.69, 9.17) is 0 Å². The van der Waals surface area contributed by atoms with E-state index in [1.807, 2.05) is 0 Å². The Morgan fingerprint density at radius 3 is 1.44 bits per heavy atom. The zero-order valence-corrected chi connectivity index (χ0v) is 12.9. The smallest absolute Gasteiger partial charge is 0.0625 e. The Bertz CT molecular complexity index is 285. The summed E-state index contributed by atoms with van der Waals surface area (Å²) in [4.78, 5) is 0. The van der Waals surface area contributed by atoms with Crippen molar-refractivity contribution in [3.8, 4) is 0 Å². The number of rotatable bonds is 0. The van der Waals surface area contributed by atoms with Crippen LogP contribution in [0.3, 0.4) is 0 Å². The van der Waals surface area contributed by atoms with Crippen LogP contribution in [0.2, 0.25) is 21.2 Å². The van der Waals surface area contributed by atoms with E-state index in [1.54, 1.807) is 19.3 Å². The van der Waals surface area contributed by atoms with E-state index in [0.29, 0.717) is 10.1 Å². The largest absolute Gasteiger partial charge is 0.0711 e. The molecule has 0 amide bonds. The summed E-state index contributed by atoms with van der Waals surface area (Å²) in [7, 11) is -1.07. The summed E-state index contributed by atoms with van der Waals surface area (Å²) in [5, 5.41) is 1.25. The molecule has 3 aliphatic rings. The maximum Gasteiger partial charge on any atom is 0.0711 e. The van der Waals surface area contributed by atoms with Crippen LogP contribution in [0.1, 0.15) is 60.8 Å². The second-order valence-corrected chi connectivity index (χ2v) is 14.8. The van der Waals surface area contributed by atoms with E-state index < -0.39 is 8.07 Å². The predicted molar refractivity (Wildman–Crippen MR) is 73.5 cm³/mol. The SMILES string of the molecule is CC(C)(C)[Si]1(C(C)(C)C)[C@@H]2[C@H]3CC[C@H](C3)[C@@H]21. The zero-order chi connectivity index (χ0) is 11.9. The summed E-state index contributed by atoms with van der Waals surface area (Å²) in [6.07, 6.45) is 4.76. The van der Waals surface area contributed by atoms with Crippen LogP contribution in [0, 0.1) is 11.8 Å². The van der Waals surface area contributed by atoms with Crippen LogP contribution in [0.5, 0.6) is 0 Å². The van der Waals surface area contributed by atoms with Crippen molar-refractivity contribution in [3.63, 3.8) is 0 Å². The van der Waals surface area contributed by atoms with Crippen molar-refractivity contribution in [2.45, 2.75) is 82.0 Å². The minimum absolute atomic E-state index is 0.627. The highest BCUT2D eigenvalue weighted by Crippen LogP contribution is 2.88. The van der Waals surface area contributed by atoms with E-state index in [1.165, 1.54) is 11.1 Å². The molecule has 1 heterocycles. The van der Waals surface area contributed by atoms with Gasteiger partial charge in [-0.2, -0.15) is 0 Å². The third kappa shape index (κ3) is 1.03. The lowest BCUT2D eigenvalue weighted by molar-refractivity contribution is 0.536. The Morgan fingerprint density at radius 1 is 0.750 bits per heavy atom. The molecular formula is C15H28Si. The van der Waals surface area contributed by atoms with Crippen molar-refractivity contribution in [2.24, 2.45) is 11.8 Å². The van der Waals surface area contributed by atoms with Crippen LogP contribution in [-0.4, -0.2) is 8.07 Å². The van der Waals surface area contributed by atoms with Gasteiger partial charge in [0.25, 0.3) is 0 Å². The Balaban J connectivity index is 2.03.